The fraction of sp³-hybridized carbons (Fsp3) is 0.0714. The van der Waals surface area contributed by atoms with Crippen molar-refractivity contribution in [2.24, 2.45) is 0 Å². The predicted octanol–water partition coefficient (Wildman–Crippen LogP) is 4.73. The molecule has 0 fully saturated rings. The van der Waals surface area contributed by atoms with Crippen LogP contribution in [0.3, 0.4) is 0 Å². The Morgan fingerprint density at radius 1 is 1.32 bits per heavy atom. The maximum Gasteiger partial charge on any atom is 0.129 e. The standard InChI is InChI=1S/C14H9BrClFN2/c15-14-11(16)2-1-3-13(14)19-8-10-5-4-9(7-18)6-12(10)17/h1-6,19H,8H2. The molecular weight excluding hydrogens is 331 g/mol. The molecule has 0 amide bonds. The van der Waals surface area contributed by atoms with Gasteiger partial charge in [-0.25, -0.2) is 4.39 Å². The number of hydrogen-bond donors (Lipinski definition) is 1. The maximum atomic E-state index is 13.7. The fourth-order valence-electron chi connectivity index (χ4n) is 1.59. The summed E-state index contributed by atoms with van der Waals surface area (Å²) in [7, 11) is 0. The molecule has 5 heteroatoms. The molecule has 0 aliphatic rings. The van der Waals surface area contributed by atoms with Crippen LogP contribution in [0.5, 0.6) is 0 Å². The Morgan fingerprint density at radius 2 is 2.11 bits per heavy atom. The lowest BCUT2D eigenvalue weighted by molar-refractivity contribution is 0.612. The van der Waals surface area contributed by atoms with Crippen molar-refractivity contribution in [3.63, 3.8) is 0 Å². The highest BCUT2D eigenvalue weighted by Crippen LogP contribution is 2.30. The predicted molar refractivity (Wildman–Crippen MR) is 77.6 cm³/mol. The molecule has 0 aliphatic heterocycles. The highest BCUT2D eigenvalue weighted by Gasteiger charge is 2.06. The van der Waals surface area contributed by atoms with E-state index in [1.165, 1.54) is 6.07 Å². The van der Waals surface area contributed by atoms with Crippen molar-refractivity contribution in [3.05, 3.63) is 62.8 Å². The van der Waals surface area contributed by atoms with Crippen LogP contribution < -0.4 is 5.32 Å². The Bertz CT molecular complexity index is 652. The Hall–Kier alpha value is -1.57. The molecule has 19 heavy (non-hydrogen) atoms. The first-order chi connectivity index (χ1) is 9.11. The number of nitriles is 1. The van der Waals surface area contributed by atoms with Crippen molar-refractivity contribution in [3.8, 4) is 6.07 Å². The van der Waals surface area contributed by atoms with Crippen molar-refractivity contribution < 1.29 is 4.39 Å². The zero-order valence-electron chi connectivity index (χ0n) is 9.75. The van der Waals surface area contributed by atoms with E-state index in [4.69, 9.17) is 16.9 Å². The summed E-state index contributed by atoms with van der Waals surface area (Å²) in [6.07, 6.45) is 0. The maximum absolute atomic E-state index is 13.7. The Morgan fingerprint density at radius 3 is 2.79 bits per heavy atom. The quantitative estimate of drug-likeness (QED) is 0.878. The average Bonchev–Trinajstić information content (AvgIpc) is 2.41. The van der Waals surface area contributed by atoms with Gasteiger partial charge in [-0.15, -0.1) is 0 Å². The van der Waals surface area contributed by atoms with Gasteiger partial charge in [-0.05, 0) is 40.2 Å². The van der Waals surface area contributed by atoms with Gasteiger partial charge < -0.3 is 5.32 Å². The second kappa shape index (κ2) is 6.05. The van der Waals surface area contributed by atoms with E-state index >= 15 is 0 Å². The molecule has 0 atom stereocenters. The van der Waals surface area contributed by atoms with Crippen molar-refractivity contribution in [2.45, 2.75) is 6.54 Å². The lowest BCUT2D eigenvalue weighted by Gasteiger charge is -2.10. The lowest BCUT2D eigenvalue weighted by Crippen LogP contribution is -2.02. The van der Waals surface area contributed by atoms with Crippen LogP contribution in [0.4, 0.5) is 10.1 Å². The third-order valence-electron chi connectivity index (χ3n) is 2.60. The van der Waals surface area contributed by atoms with Gasteiger partial charge in [-0.3, -0.25) is 0 Å². The molecule has 0 aromatic heterocycles. The van der Waals surface area contributed by atoms with Crippen molar-refractivity contribution in [2.75, 3.05) is 5.32 Å². The summed E-state index contributed by atoms with van der Waals surface area (Å²) in [6, 6.07) is 11.7. The third-order valence-corrected chi connectivity index (χ3v) is 4.00. The average molecular weight is 340 g/mol. The first-order valence-electron chi connectivity index (χ1n) is 5.48. The van der Waals surface area contributed by atoms with Crippen molar-refractivity contribution in [1.82, 2.24) is 0 Å². The van der Waals surface area contributed by atoms with E-state index in [0.717, 1.165) is 10.2 Å². The van der Waals surface area contributed by atoms with Crippen LogP contribution in [0.25, 0.3) is 0 Å². The second-order valence-corrected chi connectivity index (χ2v) is 5.07. The highest BCUT2D eigenvalue weighted by molar-refractivity contribution is 9.10. The van der Waals surface area contributed by atoms with Crippen LogP contribution in [0.2, 0.25) is 5.02 Å². The van der Waals surface area contributed by atoms with Gasteiger partial charge >= 0.3 is 0 Å². The summed E-state index contributed by atoms with van der Waals surface area (Å²) in [5.41, 5.74) is 1.59. The van der Waals surface area contributed by atoms with Gasteiger partial charge in [0.2, 0.25) is 0 Å². The zero-order valence-corrected chi connectivity index (χ0v) is 12.1. The molecule has 96 valence electrons. The molecule has 0 spiro atoms. The molecule has 0 bridgehead atoms. The fourth-order valence-corrected chi connectivity index (χ4v) is 2.17. The normalized spacial score (nSPS) is 10.0. The Balaban J connectivity index is 2.15. The summed E-state index contributed by atoms with van der Waals surface area (Å²) in [5.74, 6) is -0.398. The lowest BCUT2D eigenvalue weighted by atomic mass is 10.1. The Kier molecular flexibility index (Phi) is 4.41. The summed E-state index contributed by atoms with van der Waals surface area (Å²) < 4.78 is 14.4. The molecular formula is C14H9BrClFN2. The van der Waals surface area contributed by atoms with Crippen molar-refractivity contribution >= 4 is 33.2 Å². The monoisotopic (exact) mass is 338 g/mol. The first-order valence-corrected chi connectivity index (χ1v) is 6.65. The van der Waals surface area contributed by atoms with E-state index in [2.05, 4.69) is 21.2 Å². The van der Waals surface area contributed by atoms with Gasteiger partial charge in [0.05, 0.1) is 26.8 Å². The van der Waals surface area contributed by atoms with Crippen LogP contribution in [0.1, 0.15) is 11.1 Å². The number of halogens is 3. The van der Waals surface area contributed by atoms with Gasteiger partial charge in [-0.1, -0.05) is 23.7 Å². The number of rotatable bonds is 3. The molecule has 0 radical (unpaired) electrons. The molecule has 0 unspecified atom stereocenters. The van der Waals surface area contributed by atoms with Crippen molar-refractivity contribution in [1.29, 1.82) is 5.26 Å². The summed E-state index contributed by atoms with van der Waals surface area (Å²) in [5, 5.41) is 12.4. The smallest absolute Gasteiger partial charge is 0.129 e. The zero-order chi connectivity index (χ0) is 13.8. The van der Waals surface area contributed by atoms with Gasteiger partial charge in [0.1, 0.15) is 5.82 Å². The topological polar surface area (TPSA) is 35.8 Å². The minimum Gasteiger partial charge on any atom is -0.380 e. The van der Waals surface area contributed by atoms with E-state index in [-0.39, 0.29) is 0 Å². The molecule has 0 aliphatic carbocycles. The summed E-state index contributed by atoms with van der Waals surface area (Å²) in [6.45, 7) is 0.316. The second-order valence-electron chi connectivity index (χ2n) is 3.87. The van der Waals surface area contributed by atoms with Crippen LogP contribution in [-0.2, 0) is 6.54 Å². The van der Waals surface area contributed by atoms with E-state index in [0.29, 0.717) is 22.7 Å². The molecule has 0 saturated carbocycles. The Labute approximate surface area is 123 Å². The molecule has 2 aromatic rings. The molecule has 2 aromatic carbocycles. The molecule has 1 N–H and O–H groups in total. The van der Waals surface area contributed by atoms with Gasteiger partial charge in [0, 0.05) is 12.1 Å². The minimum absolute atomic E-state index is 0.310. The van der Waals surface area contributed by atoms with Crippen LogP contribution in [-0.4, -0.2) is 0 Å². The minimum atomic E-state index is -0.398. The summed E-state index contributed by atoms with van der Waals surface area (Å²) >= 11 is 9.33. The highest BCUT2D eigenvalue weighted by atomic mass is 79.9. The number of benzene rings is 2. The van der Waals surface area contributed by atoms with E-state index < -0.39 is 5.82 Å². The van der Waals surface area contributed by atoms with E-state index in [1.54, 1.807) is 18.2 Å². The number of nitrogens with zero attached hydrogens (tertiary/aromatic N) is 1. The van der Waals surface area contributed by atoms with Crippen LogP contribution in [0.15, 0.2) is 40.9 Å². The van der Waals surface area contributed by atoms with E-state index in [1.807, 2.05) is 18.2 Å². The summed E-state index contributed by atoms with van der Waals surface area (Å²) in [4.78, 5) is 0. The molecule has 0 saturated heterocycles. The SMILES string of the molecule is N#Cc1ccc(CNc2cccc(Cl)c2Br)c(F)c1. The van der Waals surface area contributed by atoms with E-state index in [9.17, 15) is 4.39 Å². The van der Waals surface area contributed by atoms with Crippen LogP contribution in [0, 0.1) is 17.1 Å². The number of hydrogen-bond acceptors (Lipinski definition) is 2. The van der Waals surface area contributed by atoms with Crippen LogP contribution >= 0.6 is 27.5 Å². The number of anilines is 1. The largest absolute Gasteiger partial charge is 0.380 e. The first kappa shape index (κ1) is 13.9. The van der Waals surface area contributed by atoms with Gasteiger partial charge in [0.15, 0.2) is 0 Å². The van der Waals surface area contributed by atoms with Gasteiger partial charge in [-0.2, -0.15) is 5.26 Å². The molecule has 2 rings (SSSR count). The third kappa shape index (κ3) is 3.25. The molecule has 0 heterocycles. The molecule has 2 nitrogen and oxygen atoms in total. The number of nitrogens with one attached hydrogen (secondary N) is 1. The van der Waals surface area contributed by atoms with Gasteiger partial charge in [0.25, 0.3) is 0 Å².